The molecule has 0 spiro atoms. The summed E-state index contributed by atoms with van der Waals surface area (Å²) in [6.45, 7) is 2.66. The van der Waals surface area contributed by atoms with E-state index in [0.29, 0.717) is 17.8 Å². The maximum Gasteiger partial charge on any atom is 0.0465 e. The lowest BCUT2D eigenvalue weighted by Gasteiger charge is -2.34. The highest BCUT2D eigenvalue weighted by Gasteiger charge is 2.29. The number of aliphatic hydroxyl groups is 2. The molecule has 0 amide bonds. The van der Waals surface area contributed by atoms with E-state index in [-0.39, 0.29) is 13.2 Å². The smallest absolute Gasteiger partial charge is 0.0465 e. The van der Waals surface area contributed by atoms with Crippen molar-refractivity contribution in [2.45, 2.75) is 26.2 Å². The standard InChI is InChI=1S/C9H18O2/c1-7-3-2-4-8(5-10)9(7)6-11/h7-11H,2-6H2,1H3. The third kappa shape index (κ3) is 1.94. The average Bonchev–Trinajstić information content (AvgIpc) is 2.04. The van der Waals surface area contributed by atoms with E-state index in [0.717, 1.165) is 6.42 Å². The fourth-order valence-electron chi connectivity index (χ4n) is 2.15. The monoisotopic (exact) mass is 158 g/mol. The van der Waals surface area contributed by atoms with Crippen molar-refractivity contribution in [3.8, 4) is 0 Å². The van der Waals surface area contributed by atoms with Crippen LogP contribution < -0.4 is 0 Å². The molecule has 2 N–H and O–H groups in total. The van der Waals surface area contributed by atoms with E-state index in [9.17, 15) is 0 Å². The van der Waals surface area contributed by atoms with Crippen LogP contribution in [0.25, 0.3) is 0 Å². The first-order chi connectivity index (χ1) is 5.29. The third-order valence-corrected chi connectivity index (χ3v) is 3.02. The normalized spacial score (nSPS) is 39.0. The van der Waals surface area contributed by atoms with Gasteiger partial charge in [-0.1, -0.05) is 19.8 Å². The Kier molecular flexibility index (Phi) is 3.34. The van der Waals surface area contributed by atoms with Crippen molar-refractivity contribution in [1.29, 1.82) is 0 Å². The van der Waals surface area contributed by atoms with E-state index in [1.54, 1.807) is 0 Å². The van der Waals surface area contributed by atoms with Gasteiger partial charge in [-0.05, 0) is 24.2 Å². The second-order valence-electron chi connectivity index (χ2n) is 3.70. The van der Waals surface area contributed by atoms with Crippen LogP contribution in [0.15, 0.2) is 0 Å². The van der Waals surface area contributed by atoms with Crippen LogP contribution in [0.2, 0.25) is 0 Å². The minimum absolute atomic E-state index is 0.242. The molecule has 0 heterocycles. The van der Waals surface area contributed by atoms with Crippen molar-refractivity contribution in [1.82, 2.24) is 0 Å². The van der Waals surface area contributed by atoms with Crippen LogP contribution in [0.1, 0.15) is 26.2 Å². The number of hydrogen-bond donors (Lipinski definition) is 2. The molecule has 0 saturated heterocycles. The summed E-state index contributed by atoms with van der Waals surface area (Å²) in [4.78, 5) is 0. The first kappa shape index (κ1) is 9.01. The summed E-state index contributed by atoms with van der Waals surface area (Å²) in [6, 6.07) is 0. The van der Waals surface area contributed by atoms with Gasteiger partial charge in [0.1, 0.15) is 0 Å². The van der Waals surface area contributed by atoms with E-state index < -0.39 is 0 Å². The molecule has 1 aliphatic rings. The van der Waals surface area contributed by atoms with Crippen LogP contribution in [0.5, 0.6) is 0 Å². The van der Waals surface area contributed by atoms with Crippen molar-refractivity contribution in [2.24, 2.45) is 17.8 Å². The lowest BCUT2D eigenvalue weighted by atomic mass is 9.73. The Labute approximate surface area is 68.2 Å². The lowest BCUT2D eigenvalue weighted by Crippen LogP contribution is -2.31. The van der Waals surface area contributed by atoms with Gasteiger partial charge >= 0.3 is 0 Å². The van der Waals surface area contributed by atoms with Crippen molar-refractivity contribution >= 4 is 0 Å². The topological polar surface area (TPSA) is 40.5 Å². The van der Waals surface area contributed by atoms with E-state index in [1.165, 1.54) is 12.8 Å². The molecule has 3 unspecified atom stereocenters. The number of aliphatic hydroxyl groups excluding tert-OH is 2. The van der Waals surface area contributed by atoms with E-state index in [2.05, 4.69) is 6.92 Å². The van der Waals surface area contributed by atoms with Crippen LogP contribution in [0.4, 0.5) is 0 Å². The Morgan fingerprint density at radius 2 is 1.91 bits per heavy atom. The molecule has 1 fully saturated rings. The molecule has 2 nitrogen and oxygen atoms in total. The zero-order valence-electron chi connectivity index (χ0n) is 7.16. The zero-order chi connectivity index (χ0) is 8.27. The molecule has 2 heteroatoms. The molecule has 11 heavy (non-hydrogen) atoms. The summed E-state index contributed by atoms with van der Waals surface area (Å²) in [5, 5.41) is 18.1. The van der Waals surface area contributed by atoms with Crippen molar-refractivity contribution < 1.29 is 10.2 Å². The Hall–Kier alpha value is -0.0800. The van der Waals surface area contributed by atoms with Crippen LogP contribution in [0, 0.1) is 17.8 Å². The molecule has 0 aliphatic heterocycles. The minimum Gasteiger partial charge on any atom is -0.396 e. The van der Waals surface area contributed by atoms with Gasteiger partial charge in [-0.15, -0.1) is 0 Å². The van der Waals surface area contributed by atoms with Gasteiger partial charge in [0.25, 0.3) is 0 Å². The van der Waals surface area contributed by atoms with Gasteiger partial charge in [0.05, 0.1) is 0 Å². The summed E-state index contributed by atoms with van der Waals surface area (Å²) in [5.74, 6) is 1.28. The predicted molar refractivity (Wildman–Crippen MR) is 44.2 cm³/mol. The van der Waals surface area contributed by atoms with E-state index >= 15 is 0 Å². The fourth-order valence-corrected chi connectivity index (χ4v) is 2.15. The van der Waals surface area contributed by atoms with Gasteiger partial charge in [0.2, 0.25) is 0 Å². The largest absolute Gasteiger partial charge is 0.396 e. The molecule has 0 bridgehead atoms. The van der Waals surface area contributed by atoms with Crippen LogP contribution in [0.3, 0.4) is 0 Å². The van der Waals surface area contributed by atoms with Gasteiger partial charge in [0, 0.05) is 13.2 Å². The Morgan fingerprint density at radius 1 is 1.18 bits per heavy atom. The minimum atomic E-state index is 0.242. The highest BCUT2D eigenvalue weighted by molar-refractivity contribution is 4.78. The molecule has 0 radical (unpaired) electrons. The lowest BCUT2D eigenvalue weighted by molar-refractivity contribution is 0.0519. The maximum absolute atomic E-state index is 9.05. The second kappa shape index (κ2) is 4.07. The predicted octanol–water partition coefficient (Wildman–Crippen LogP) is 1.02. The molecule has 1 rings (SSSR count). The molecule has 66 valence electrons. The van der Waals surface area contributed by atoms with Crippen molar-refractivity contribution in [2.75, 3.05) is 13.2 Å². The molecule has 3 atom stereocenters. The van der Waals surface area contributed by atoms with Gasteiger partial charge in [-0.25, -0.2) is 0 Å². The van der Waals surface area contributed by atoms with Gasteiger partial charge < -0.3 is 10.2 Å². The van der Waals surface area contributed by atoms with Crippen LogP contribution in [-0.2, 0) is 0 Å². The highest BCUT2D eigenvalue weighted by atomic mass is 16.3. The number of rotatable bonds is 2. The first-order valence-corrected chi connectivity index (χ1v) is 4.51. The summed E-state index contributed by atoms with van der Waals surface area (Å²) < 4.78 is 0. The van der Waals surface area contributed by atoms with Crippen LogP contribution >= 0.6 is 0 Å². The summed E-state index contributed by atoms with van der Waals surface area (Å²) in [7, 11) is 0. The SMILES string of the molecule is CC1CCCC(CO)C1CO. The molecule has 0 aromatic carbocycles. The maximum atomic E-state index is 9.05. The van der Waals surface area contributed by atoms with E-state index in [1.807, 2.05) is 0 Å². The quantitative estimate of drug-likeness (QED) is 0.630. The van der Waals surface area contributed by atoms with Gasteiger partial charge in [-0.3, -0.25) is 0 Å². The molecule has 0 aromatic rings. The first-order valence-electron chi connectivity index (χ1n) is 4.51. The third-order valence-electron chi connectivity index (χ3n) is 3.02. The summed E-state index contributed by atoms with van der Waals surface area (Å²) in [5.41, 5.74) is 0. The number of hydrogen-bond acceptors (Lipinski definition) is 2. The molecule has 1 aliphatic carbocycles. The molecular weight excluding hydrogens is 140 g/mol. The van der Waals surface area contributed by atoms with Crippen molar-refractivity contribution in [3.05, 3.63) is 0 Å². The molecular formula is C9H18O2. The zero-order valence-corrected chi connectivity index (χ0v) is 7.16. The van der Waals surface area contributed by atoms with Crippen molar-refractivity contribution in [3.63, 3.8) is 0 Å². The highest BCUT2D eigenvalue weighted by Crippen LogP contribution is 2.33. The summed E-state index contributed by atoms with van der Waals surface area (Å²) >= 11 is 0. The molecule has 0 aromatic heterocycles. The second-order valence-corrected chi connectivity index (χ2v) is 3.70. The Morgan fingerprint density at radius 3 is 2.36 bits per heavy atom. The van der Waals surface area contributed by atoms with Gasteiger partial charge in [0.15, 0.2) is 0 Å². The van der Waals surface area contributed by atoms with Crippen LogP contribution in [-0.4, -0.2) is 23.4 Å². The average molecular weight is 158 g/mol. The Bertz CT molecular complexity index is 114. The Balaban J connectivity index is 2.48. The summed E-state index contributed by atoms with van der Waals surface area (Å²) in [6.07, 6.45) is 3.51. The molecule has 1 saturated carbocycles. The fraction of sp³-hybridized carbons (Fsp3) is 1.00. The van der Waals surface area contributed by atoms with Gasteiger partial charge in [-0.2, -0.15) is 0 Å². The van der Waals surface area contributed by atoms with E-state index in [4.69, 9.17) is 10.2 Å².